The Hall–Kier alpha value is -2.78. The van der Waals surface area contributed by atoms with Gasteiger partial charge in [0.25, 0.3) is 5.56 Å². The Morgan fingerprint density at radius 2 is 1.77 bits per heavy atom. The minimum absolute atomic E-state index is 0.0166. The highest BCUT2D eigenvalue weighted by molar-refractivity contribution is 8.41. The van der Waals surface area contributed by atoms with Crippen molar-refractivity contribution in [2.24, 2.45) is 4.99 Å². The summed E-state index contributed by atoms with van der Waals surface area (Å²) in [7, 11) is 0.460. The minimum Gasteiger partial charge on any atom is -0.398 e. The van der Waals surface area contributed by atoms with Crippen molar-refractivity contribution in [3.8, 4) is 11.3 Å². The number of unbranched alkanes of at least 4 members (excludes halogenated alkanes) is 3. The van der Waals surface area contributed by atoms with Gasteiger partial charge in [-0.25, -0.2) is 14.4 Å². The molecule has 15 heteroatoms. The molecule has 0 bridgehead atoms. The van der Waals surface area contributed by atoms with Gasteiger partial charge in [0.15, 0.2) is 0 Å². The molecule has 0 aliphatic rings. The molecule has 2 aromatic heterocycles. The average molecular weight is 667 g/mol. The van der Waals surface area contributed by atoms with Crippen LogP contribution in [0.1, 0.15) is 37.8 Å². The minimum atomic E-state index is -1.05. The smallest absolute Gasteiger partial charge is 0.285 e. The first-order valence-corrected chi connectivity index (χ1v) is 16.9. The van der Waals surface area contributed by atoms with Crippen LogP contribution in [0.5, 0.6) is 0 Å². The van der Waals surface area contributed by atoms with Crippen molar-refractivity contribution in [2.75, 3.05) is 32.7 Å². The van der Waals surface area contributed by atoms with Gasteiger partial charge in [0, 0.05) is 41.8 Å². The summed E-state index contributed by atoms with van der Waals surface area (Å²) in [5.41, 5.74) is 9.35. The van der Waals surface area contributed by atoms with Crippen LogP contribution in [-0.2, 0) is 9.05 Å². The molecule has 0 aliphatic carbocycles. The number of hydrogen-bond acceptors (Lipinski definition) is 11. The second-order valence-corrected chi connectivity index (χ2v) is 12.3. The predicted octanol–water partition coefficient (Wildman–Crippen LogP) is 5.33. The van der Waals surface area contributed by atoms with Crippen molar-refractivity contribution in [3.63, 3.8) is 0 Å². The molecule has 0 spiro atoms. The number of fused-ring (bicyclic) bond motifs is 1. The molecule has 0 saturated carbocycles. The van der Waals surface area contributed by atoms with Crippen LogP contribution in [0.3, 0.4) is 0 Å². The van der Waals surface area contributed by atoms with E-state index in [1.165, 1.54) is 23.3 Å². The number of nitrogen functional groups attached to an aromatic ring is 1. The van der Waals surface area contributed by atoms with Crippen molar-refractivity contribution in [1.82, 2.24) is 14.4 Å². The van der Waals surface area contributed by atoms with Gasteiger partial charge in [-0.05, 0) is 38.3 Å². The Morgan fingerprint density at radius 3 is 2.43 bits per heavy atom. The van der Waals surface area contributed by atoms with E-state index in [1.807, 2.05) is 61.5 Å². The molecule has 0 radical (unpaired) electrons. The number of aryl methyl sites for hydroxylation is 1. The largest absolute Gasteiger partial charge is 0.398 e. The number of nitrogens with zero attached hydrogens (tertiary/aromatic N) is 3. The fourth-order valence-electron chi connectivity index (χ4n) is 3.87. The van der Waals surface area contributed by atoms with Gasteiger partial charge in [0.1, 0.15) is 5.69 Å². The number of anilines is 1. The normalized spacial score (nSPS) is 11.8. The fourth-order valence-corrected chi connectivity index (χ4v) is 5.43. The van der Waals surface area contributed by atoms with Gasteiger partial charge in [-0.3, -0.25) is 10.1 Å². The number of rotatable bonds is 13. The lowest BCUT2D eigenvalue weighted by Gasteiger charge is -2.10. The lowest BCUT2D eigenvalue weighted by Crippen LogP contribution is -2.15. The Kier molecular flexibility index (Phi) is 17.9. The Labute approximate surface area is 267 Å². The molecular formula is C29H41N5O7PS2+. The molecule has 44 heavy (non-hydrogen) atoms. The first kappa shape index (κ1) is 37.4. The van der Waals surface area contributed by atoms with Crippen LogP contribution >= 0.6 is 31.6 Å². The SMILES string of the molecule is COP(S)OCCO.Cc1[nH]c2nc(-c3ccccc3)cn2c(=O)c1N=C(CCCCCCO)Sc1ccccc1N.O[OH2+]. The van der Waals surface area contributed by atoms with Crippen LogP contribution in [0.2, 0.25) is 0 Å². The molecule has 8 N–H and O–H groups in total. The van der Waals surface area contributed by atoms with E-state index in [0.29, 0.717) is 29.5 Å². The number of thiol groups is 1. The molecule has 240 valence electrons. The van der Waals surface area contributed by atoms with Crippen molar-refractivity contribution in [1.29, 1.82) is 0 Å². The molecule has 0 amide bonds. The zero-order chi connectivity index (χ0) is 32.3. The second kappa shape index (κ2) is 21.0. The maximum Gasteiger partial charge on any atom is 0.285 e. The number of aliphatic hydroxyl groups is 2. The summed E-state index contributed by atoms with van der Waals surface area (Å²) < 4.78 is 11.0. The molecule has 0 fully saturated rings. The number of imidazole rings is 1. The monoisotopic (exact) mass is 666 g/mol. The van der Waals surface area contributed by atoms with Gasteiger partial charge in [-0.1, -0.05) is 79.3 Å². The third-order valence-corrected chi connectivity index (χ3v) is 8.66. The molecule has 2 heterocycles. The summed E-state index contributed by atoms with van der Waals surface area (Å²) in [6.45, 7) is 2.37. The number of thioether (sulfide) groups is 1. The molecule has 1 atom stereocenters. The van der Waals surface area contributed by atoms with Gasteiger partial charge in [-0.2, -0.15) is 0 Å². The number of nitrogens with one attached hydrogen (secondary N) is 1. The van der Waals surface area contributed by atoms with Crippen molar-refractivity contribution < 1.29 is 29.8 Å². The predicted molar refractivity (Wildman–Crippen MR) is 182 cm³/mol. The van der Waals surface area contributed by atoms with Crippen molar-refractivity contribution in [2.45, 2.75) is 43.9 Å². The summed E-state index contributed by atoms with van der Waals surface area (Å²) in [4.78, 5) is 27.0. The quantitative estimate of drug-likeness (QED) is 0.0105. The third-order valence-electron chi connectivity index (χ3n) is 5.98. The standard InChI is InChI=1S/C26H29N5O2S.C3H9O3PS.H2O2/c1-18-24(25(33)31-17-21(29-26(31)28-18)19-11-5-4-6-12-19)30-23(15-7-2-3-10-16-32)34-22-14-9-8-13-20(22)27;1-5-7(8)6-3-2-4;1-2/h4-6,8-9,11-14,17,32H,2-3,7,10,15-16,27H2,1H3,(H,28,29);4,8H,2-3H2,1H3;1-2H/p+1. The van der Waals surface area contributed by atoms with Gasteiger partial charge in [-0.15, -0.1) is 5.26 Å². The second-order valence-electron chi connectivity index (χ2n) is 9.10. The third kappa shape index (κ3) is 12.0. The number of para-hydroxylation sites is 1. The lowest BCUT2D eigenvalue weighted by molar-refractivity contribution is -0.176. The summed E-state index contributed by atoms with van der Waals surface area (Å²) >= 11 is 5.37. The summed E-state index contributed by atoms with van der Waals surface area (Å²) in [5, 5.41) is 29.1. The molecule has 0 aliphatic heterocycles. The van der Waals surface area contributed by atoms with E-state index in [-0.39, 0.29) is 18.8 Å². The van der Waals surface area contributed by atoms with Crippen molar-refractivity contribution >= 4 is 53.8 Å². The zero-order valence-corrected chi connectivity index (χ0v) is 27.3. The number of nitrogens with two attached hydrogens (primary N) is 1. The summed E-state index contributed by atoms with van der Waals surface area (Å²) in [6.07, 6.45) is 6.14. The fraction of sp³-hybridized carbons (Fsp3) is 0.345. The molecular weight excluding hydrogens is 625 g/mol. The Bertz CT molecular complexity index is 1490. The van der Waals surface area contributed by atoms with E-state index in [4.69, 9.17) is 36.0 Å². The molecule has 2 aromatic carbocycles. The Balaban J connectivity index is 0.000000588. The summed E-state index contributed by atoms with van der Waals surface area (Å²) in [6, 6.07) is 17.4. The highest BCUT2D eigenvalue weighted by atomic mass is 32.7. The topological polar surface area (TPSA) is 191 Å². The highest BCUT2D eigenvalue weighted by Gasteiger charge is 2.14. The van der Waals surface area contributed by atoms with E-state index in [2.05, 4.69) is 26.7 Å². The number of aromatic nitrogens is 3. The molecule has 12 nitrogen and oxygen atoms in total. The Morgan fingerprint density at radius 1 is 1.09 bits per heavy atom. The van der Waals surface area contributed by atoms with Crippen LogP contribution in [0.4, 0.5) is 11.4 Å². The lowest BCUT2D eigenvalue weighted by atomic mass is 10.1. The van der Waals surface area contributed by atoms with Gasteiger partial charge >= 0.3 is 0 Å². The van der Waals surface area contributed by atoms with Crippen LogP contribution in [0.25, 0.3) is 17.0 Å². The van der Waals surface area contributed by atoms with E-state index in [0.717, 1.165) is 53.3 Å². The van der Waals surface area contributed by atoms with Crippen LogP contribution in [-0.4, -0.2) is 67.1 Å². The van der Waals surface area contributed by atoms with E-state index >= 15 is 0 Å². The number of H-pyrrole nitrogens is 1. The maximum absolute atomic E-state index is 13.4. The number of aromatic amines is 1. The summed E-state index contributed by atoms with van der Waals surface area (Å²) in [5.74, 6) is 0.491. The molecule has 4 aromatic rings. The number of hydrogen-bond donors (Lipinski definition) is 6. The van der Waals surface area contributed by atoms with E-state index in [9.17, 15) is 4.79 Å². The van der Waals surface area contributed by atoms with E-state index in [1.54, 1.807) is 6.20 Å². The number of benzene rings is 2. The van der Waals surface area contributed by atoms with Crippen LogP contribution in [0, 0.1) is 6.92 Å². The number of aliphatic hydroxyl groups excluding tert-OH is 2. The zero-order valence-electron chi connectivity index (χ0n) is 24.7. The molecule has 1 unspecified atom stereocenters. The van der Waals surface area contributed by atoms with Crippen molar-refractivity contribution in [3.05, 3.63) is 76.8 Å². The van der Waals surface area contributed by atoms with Gasteiger partial charge in [0.05, 0.1) is 24.0 Å². The first-order valence-electron chi connectivity index (χ1n) is 13.7. The van der Waals surface area contributed by atoms with Gasteiger partial charge < -0.3 is 30.0 Å². The van der Waals surface area contributed by atoms with E-state index < -0.39 is 7.58 Å². The average Bonchev–Trinajstić information content (AvgIpc) is 3.48. The number of aliphatic imine (C=N–C) groups is 1. The molecule has 0 saturated heterocycles. The first-order chi connectivity index (χ1) is 21.4. The molecule has 4 rings (SSSR count). The van der Waals surface area contributed by atoms with Crippen LogP contribution in [0.15, 0.2) is 75.5 Å². The maximum atomic E-state index is 13.4. The highest BCUT2D eigenvalue weighted by Crippen LogP contribution is 2.41. The van der Waals surface area contributed by atoms with Crippen LogP contribution < -0.4 is 11.3 Å². The van der Waals surface area contributed by atoms with Gasteiger partial charge in [0.2, 0.25) is 13.4 Å².